The fourth-order valence-corrected chi connectivity index (χ4v) is 4.02. The molecule has 0 bridgehead atoms. The van der Waals surface area contributed by atoms with E-state index in [-0.39, 0.29) is 11.1 Å². The number of unbranched alkanes of at least 4 members (excludes halogenated alkanes) is 3. The molecule has 0 atom stereocenters. The van der Waals surface area contributed by atoms with Crippen LogP contribution >= 0.6 is 0 Å². The highest BCUT2D eigenvalue weighted by molar-refractivity contribution is 5.91. The summed E-state index contributed by atoms with van der Waals surface area (Å²) in [5.74, 6) is -1.92. The van der Waals surface area contributed by atoms with Gasteiger partial charge in [-0.05, 0) is 58.7 Å². The fourth-order valence-electron chi connectivity index (χ4n) is 4.02. The summed E-state index contributed by atoms with van der Waals surface area (Å²) in [6.45, 7) is 2.21. The Morgan fingerprint density at radius 1 is 0.613 bits per heavy atom. The lowest BCUT2D eigenvalue weighted by atomic mass is 9.96. The summed E-state index contributed by atoms with van der Waals surface area (Å²) in [6.07, 6.45) is 6.08. The molecule has 0 saturated carbocycles. The maximum Gasteiger partial charge on any atom is 0.138 e. The van der Waals surface area contributed by atoms with E-state index in [0.717, 1.165) is 41.1 Å². The van der Waals surface area contributed by atoms with Crippen molar-refractivity contribution in [3.8, 4) is 22.3 Å². The molecule has 0 spiro atoms. The second kappa shape index (κ2) is 9.38. The molecule has 4 aromatic rings. The number of hydrogen-bond acceptors (Lipinski definition) is 0. The van der Waals surface area contributed by atoms with E-state index in [9.17, 15) is 8.78 Å². The largest absolute Gasteiger partial charge is 0.207 e. The Balaban J connectivity index is 1.60. The molecule has 0 nitrogen and oxygen atoms in total. The molecule has 0 heterocycles. The van der Waals surface area contributed by atoms with Crippen LogP contribution in [0.3, 0.4) is 0 Å². The number of hydrogen-bond donors (Lipinski definition) is 0. The van der Waals surface area contributed by atoms with E-state index in [1.165, 1.54) is 31.2 Å². The van der Waals surface area contributed by atoms with Crippen molar-refractivity contribution in [3.63, 3.8) is 0 Å². The van der Waals surface area contributed by atoms with Crippen molar-refractivity contribution in [2.75, 3.05) is 0 Å². The van der Waals surface area contributed by atoms with Crippen LogP contribution in [0.15, 0.2) is 72.8 Å². The molecular weight excluding hydrogens is 393 g/mol. The molecule has 31 heavy (non-hydrogen) atoms. The lowest BCUT2D eigenvalue weighted by molar-refractivity contribution is 0.583. The predicted molar refractivity (Wildman–Crippen MR) is 123 cm³/mol. The summed E-state index contributed by atoms with van der Waals surface area (Å²) in [4.78, 5) is 0. The van der Waals surface area contributed by atoms with Gasteiger partial charge in [0.05, 0.1) is 0 Å². The van der Waals surface area contributed by atoms with E-state index < -0.39 is 17.5 Å². The van der Waals surface area contributed by atoms with Gasteiger partial charge in [0.15, 0.2) is 0 Å². The van der Waals surface area contributed by atoms with Gasteiger partial charge in [-0.2, -0.15) is 0 Å². The first-order valence-electron chi connectivity index (χ1n) is 10.8. The molecule has 158 valence electrons. The zero-order valence-electron chi connectivity index (χ0n) is 17.6. The van der Waals surface area contributed by atoms with Crippen molar-refractivity contribution < 1.29 is 13.2 Å². The van der Waals surface area contributed by atoms with E-state index in [4.69, 9.17) is 0 Å². The average molecular weight is 419 g/mol. The van der Waals surface area contributed by atoms with Crippen LogP contribution in [0.4, 0.5) is 13.2 Å². The molecule has 0 aliphatic heterocycles. The highest BCUT2D eigenvalue weighted by Gasteiger charge is 2.12. The maximum atomic E-state index is 15.1. The quantitative estimate of drug-likeness (QED) is 0.263. The Morgan fingerprint density at radius 3 is 2.03 bits per heavy atom. The molecule has 0 aliphatic rings. The van der Waals surface area contributed by atoms with Gasteiger partial charge in [-0.1, -0.05) is 74.7 Å². The van der Waals surface area contributed by atoms with Gasteiger partial charge >= 0.3 is 0 Å². The Bertz CT molecular complexity index is 1170. The molecule has 0 amide bonds. The minimum atomic E-state index is -0.723. The molecule has 0 unspecified atom stereocenters. The van der Waals surface area contributed by atoms with Gasteiger partial charge in [0, 0.05) is 17.0 Å². The standard InChI is InChI=1S/C28H25F3/c1-2-3-4-5-6-19-7-9-20(10-8-19)21-11-13-26-22(15-21)12-14-27(28(26)31)23-16-24(29)18-25(30)17-23/h7-18H,2-6H2,1H3. The van der Waals surface area contributed by atoms with Gasteiger partial charge < -0.3 is 0 Å². The molecule has 0 aromatic heterocycles. The van der Waals surface area contributed by atoms with E-state index in [1.54, 1.807) is 18.2 Å². The number of aryl methyl sites for hydroxylation is 1. The highest BCUT2D eigenvalue weighted by atomic mass is 19.1. The maximum absolute atomic E-state index is 15.1. The van der Waals surface area contributed by atoms with Crippen LogP contribution in [0.5, 0.6) is 0 Å². The average Bonchev–Trinajstić information content (AvgIpc) is 2.76. The third kappa shape index (κ3) is 4.82. The van der Waals surface area contributed by atoms with Crippen LogP contribution in [0, 0.1) is 17.5 Å². The molecule has 0 aliphatic carbocycles. The summed E-state index contributed by atoms with van der Waals surface area (Å²) >= 11 is 0. The minimum Gasteiger partial charge on any atom is -0.207 e. The van der Waals surface area contributed by atoms with Crippen molar-refractivity contribution in [3.05, 3.63) is 95.8 Å². The Labute approximate surface area is 181 Å². The highest BCUT2D eigenvalue weighted by Crippen LogP contribution is 2.32. The lowest BCUT2D eigenvalue weighted by Crippen LogP contribution is -1.90. The third-order valence-electron chi connectivity index (χ3n) is 5.73. The number of benzene rings is 4. The first kappa shape index (κ1) is 21.2. The Hall–Kier alpha value is -3.07. The van der Waals surface area contributed by atoms with Crippen molar-refractivity contribution in [1.82, 2.24) is 0 Å². The molecule has 4 rings (SSSR count). The lowest BCUT2D eigenvalue weighted by Gasteiger charge is -2.10. The van der Waals surface area contributed by atoms with Crippen LogP contribution in [-0.2, 0) is 6.42 Å². The first-order chi connectivity index (χ1) is 15.0. The van der Waals surface area contributed by atoms with E-state index >= 15 is 4.39 Å². The number of halogens is 3. The second-order valence-electron chi connectivity index (χ2n) is 8.03. The van der Waals surface area contributed by atoms with Gasteiger partial charge in [0.1, 0.15) is 17.5 Å². The minimum absolute atomic E-state index is 0.186. The van der Waals surface area contributed by atoms with Gasteiger partial charge in [-0.25, -0.2) is 13.2 Å². The van der Waals surface area contributed by atoms with Crippen LogP contribution in [0.25, 0.3) is 33.0 Å². The predicted octanol–water partition coefficient (Wildman–Crippen LogP) is 8.71. The molecule has 0 saturated heterocycles. The summed E-state index contributed by atoms with van der Waals surface area (Å²) in [5.41, 5.74) is 3.80. The van der Waals surface area contributed by atoms with Gasteiger partial charge in [-0.15, -0.1) is 0 Å². The van der Waals surface area contributed by atoms with Crippen LogP contribution < -0.4 is 0 Å². The van der Waals surface area contributed by atoms with Crippen LogP contribution in [-0.4, -0.2) is 0 Å². The molecule has 0 fully saturated rings. The van der Waals surface area contributed by atoms with Gasteiger partial charge in [-0.3, -0.25) is 0 Å². The molecule has 0 N–H and O–H groups in total. The normalized spacial score (nSPS) is 11.2. The van der Waals surface area contributed by atoms with Crippen molar-refractivity contribution >= 4 is 10.8 Å². The van der Waals surface area contributed by atoms with Crippen LogP contribution in [0.1, 0.15) is 38.2 Å². The summed E-state index contributed by atoms with van der Waals surface area (Å²) in [7, 11) is 0. The van der Waals surface area contributed by atoms with Gasteiger partial charge in [0.2, 0.25) is 0 Å². The van der Waals surface area contributed by atoms with Crippen molar-refractivity contribution in [2.24, 2.45) is 0 Å². The Morgan fingerprint density at radius 2 is 1.32 bits per heavy atom. The molecular formula is C28H25F3. The van der Waals surface area contributed by atoms with Crippen LogP contribution in [0.2, 0.25) is 0 Å². The molecule has 3 heteroatoms. The number of fused-ring (bicyclic) bond motifs is 1. The molecule has 4 aromatic carbocycles. The van der Waals surface area contributed by atoms with Crippen molar-refractivity contribution in [2.45, 2.75) is 39.0 Å². The summed E-state index contributed by atoms with van der Waals surface area (Å²) in [5, 5.41) is 1.18. The van der Waals surface area contributed by atoms with E-state index in [0.29, 0.717) is 5.39 Å². The van der Waals surface area contributed by atoms with E-state index in [2.05, 4.69) is 31.2 Å². The SMILES string of the molecule is CCCCCCc1ccc(-c2ccc3c(F)c(-c4cc(F)cc(F)c4)ccc3c2)cc1. The smallest absolute Gasteiger partial charge is 0.138 e. The van der Waals surface area contributed by atoms with E-state index in [1.807, 2.05) is 12.1 Å². The first-order valence-corrected chi connectivity index (χ1v) is 10.8. The molecule has 0 radical (unpaired) electrons. The third-order valence-corrected chi connectivity index (χ3v) is 5.73. The van der Waals surface area contributed by atoms with Gasteiger partial charge in [0.25, 0.3) is 0 Å². The topological polar surface area (TPSA) is 0 Å². The van der Waals surface area contributed by atoms with Crippen molar-refractivity contribution in [1.29, 1.82) is 0 Å². The summed E-state index contributed by atoms with van der Waals surface area (Å²) in [6, 6.07) is 20.5. The second-order valence-corrected chi connectivity index (χ2v) is 8.03. The zero-order valence-corrected chi connectivity index (χ0v) is 17.6. The Kier molecular flexibility index (Phi) is 6.41. The summed E-state index contributed by atoms with van der Waals surface area (Å²) < 4.78 is 42.3. The fraction of sp³-hybridized carbons (Fsp3) is 0.214. The zero-order chi connectivity index (χ0) is 21.8. The monoisotopic (exact) mass is 418 g/mol. The number of rotatable bonds is 7.